The molecule has 4 aliphatic carbocycles. The van der Waals surface area contributed by atoms with E-state index in [9.17, 15) is 0 Å². The van der Waals surface area contributed by atoms with E-state index in [1.54, 1.807) is 0 Å². The van der Waals surface area contributed by atoms with Gasteiger partial charge in [-0.15, -0.1) is 0 Å². The van der Waals surface area contributed by atoms with Crippen molar-refractivity contribution in [1.29, 1.82) is 0 Å². The zero-order valence-corrected chi connectivity index (χ0v) is 43.3. The van der Waals surface area contributed by atoms with Crippen LogP contribution in [0.25, 0.3) is 79.0 Å². The standard InChI is InChI=1S/C68H58N6/c1-65(2,3)49-37-51-39-54(46-27-23-44(24-28-46)48-35-63(59-19-11-15-31-71-59)74-64(36-48)60-20-12-16-32-72-60)56-42-50(66(4,5)6)38-52-40-53(55(41-49)67(51,7)68(52,56)8)45-25-21-43(22-26-45)47-33-61(57-17-9-13-29-69-57)73-62(34-47)58-18-10-14-30-70-58/h9-42H,1-8H3. The third-order valence-corrected chi connectivity index (χ3v) is 15.8. The van der Waals surface area contributed by atoms with Crippen LogP contribution in [0.1, 0.15) is 66.5 Å². The van der Waals surface area contributed by atoms with E-state index in [4.69, 9.17) is 9.97 Å². The molecule has 6 nitrogen and oxygen atoms in total. The summed E-state index contributed by atoms with van der Waals surface area (Å²) in [4.78, 5) is 28.8. The first-order valence-corrected chi connectivity index (χ1v) is 25.6. The summed E-state index contributed by atoms with van der Waals surface area (Å²) in [6.45, 7) is 19.0. The van der Waals surface area contributed by atoms with Crippen LogP contribution in [0.2, 0.25) is 0 Å². The predicted molar refractivity (Wildman–Crippen MR) is 303 cm³/mol. The van der Waals surface area contributed by atoms with Crippen molar-refractivity contribution >= 4 is 11.1 Å². The largest absolute Gasteiger partial charge is 0.255 e. The van der Waals surface area contributed by atoms with Gasteiger partial charge in [-0.2, -0.15) is 0 Å². The number of hydrogen-bond donors (Lipinski definition) is 0. The van der Waals surface area contributed by atoms with Crippen molar-refractivity contribution in [3.8, 4) is 67.8 Å². The van der Waals surface area contributed by atoms with Crippen molar-refractivity contribution in [2.75, 3.05) is 0 Å². The predicted octanol–water partition coefficient (Wildman–Crippen LogP) is 16.7. The summed E-state index contributed by atoms with van der Waals surface area (Å²) in [6, 6.07) is 50.7. The van der Waals surface area contributed by atoms with E-state index in [0.717, 1.165) is 67.8 Å². The second kappa shape index (κ2) is 17.6. The number of benzene rings is 2. The first kappa shape index (κ1) is 46.6. The first-order valence-electron chi connectivity index (χ1n) is 25.6. The minimum Gasteiger partial charge on any atom is -0.255 e. The fourth-order valence-corrected chi connectivity index (χ4v) is 11.3. The number of nitrogens with zero attached hydrogens (tertiary/aromatic N) is 6. The summed E-state index contributed by atoms with van der Waals surface area (Å²) >= 11 is 0. The average molecular weight is 959 g/mol. The highest BCUT2D eigenvalue weighted by molar-refractivity contribution is 5.95. The van der Waals surface area contributed by atoms with Crippen LogP contribution in [-0.2, 0) is 0 Å². The van der Waals surface area contributed by atoms with Crippen LogP contribution >= 0.6 is 0 Å². The minimum atomic E-state index is -0.379. The molecular formula is C68H58N6. The summed E-state index contributed by atoms with van der Waals surface area (Å²) in [5, 5.41) is 0. The summed E-state index contributed by atoms with van der Waals surface area (Å²) in [5.41, 5.74) is 22.8. The Morgan fingerprint density at radius 2 is 0.730 bits per heavy atom. The van der Waals surface area contributed by atoms with Crippen molar-refractivity contribution < 1.29 is 0 Å². The lowest BCUT2D eigenvalue weighted by molar-refractivity contribution is 0.249. The third kappa shape index (κ3) is 7.97. The third-order valence-electron chi connectivity index (χ3n) is 15.8. The van der Waals surface area contributed by atoms with E-state index < -0.39 is 0 Å². The highest BCUT2D eigenvalue weighted by atomic mass is 14.8. The molecule has 0 saturated carbocycles. The van der Waals surface area contributed by atoms with Gasteiger partial charge in [0.05, 0.1) is 45.6 Å². The fraction of sp³-hybridized carbons (Fsp3) is 0.176. The smallest absolute Gasteiger partial charge is 0.0900 e. The lowest BCUT2D eigenvalue weighted by Crippen LogP contribution is -2.49. The van der Waals surface area contributed by atoms with Gasteiger partial charge in [0.25, 0.3) is 0 Å². The maximum Gasteiger partial charge on any atom is 0.0900 e. The zero-order valence-electron chi connectivity index (χ0n) is 43.3. The molecule has 0 bridgehead atoms. The highest BCUT2D eigenvalue weighted by Gasteiger charge is 2.59. The SMILES string of the molecule is CC(C)(C)C1=CC2=CC(c3ccc(-c4cc(-c5ccccn5)nc(-c5ccccn5)c4)cc3)=C3C=C(C(C)(C)C)C=C4C=C(c5ccc(-c6cc(-c7ccccn7)nc(-c7ccccn7)c6)cc5)C(=C1)C2(C)C43C. The van der Waals surface area contributed by atoms with Gasteiger partial charge in [-0.1, -0.05) is 152 Å². The molecule has 0 aliphatic heterocycles. The Kier molecular flexibility index (Phi) is 11.1. The first-order chi connectivity index (χ1) is 35.6. The average Bonchev–Trinajstić information content (AvgIpc) is 3.42. The number of hydrogen-bond acceptors (Lipinski definition) is 6. The number of rotatable bonds is 8. The number of aromatic nitrogens is 6. The Balaban J connectivity index is 0.990. The van der Waals surface area contributed by atoms with Gasteiger partial charge >= 0.3 is 0 Å². The maximum atomic E-state index is 5.05. The van der Waals surface area contributed by atoms with Gasteiger partial charge < -0.3 is 0 Å². The zero-order chi connectivity index (χ0) is 51.0. The normalized spacial score (nSPS) is 19.1. The van der Waals surface area contributed by atoms with Gasteiger partial charge in [-0.25, -0.2) is 9.97 Å². The molecule has 0 amide bonds. The van der Waals surface area contributed by atoms with Crippen LogP contribution in [-0.4, -0.2) is 29.9 Å². The van der Waals surface area contributed by atoms with Crippen LogP contribution in [0.15, 0.2) is 240 Å². The monoisotopic (exact) mass is 958 g/mol. The highest BCUT2D eigenvalue weighted by Crippen LogP contribution is 2.70. The summed E-state index contributed by atoms with van der Waals surface area (Å²) < 4.78 is 0. The Morgan fingerprint density at radius 3 is 1.14 bits per heavy atom. The second-order valence-corrected chi connectivity index (χ2v) is 22.4. The van der Waals surface area contributed by atoms with Crippen molar-refractivity contribution in [3.63, 3.8) is 0 Å². The lowest BCUT2D eigenvalue weighted by atomic mass is 9.43. The van der Waals surface area contributed by atoms with Crippen molar-refractivity contribution in [1.82, 2.24) is 29.9 Å². The molecule has 0 radical (unpaired) electrons. The van der Waals surface area contributed by atoms with E-state index in [0.29, 0.717) is 0 Å². The van der Waals surface area contributed by atoms with E-state index >= 15 is 0 Å². The van der Waals surface area contributed by atoms with Gasteiger partial charge in [0.2, 0.25) is 0 Å². The molecule has 0 fully saturated rings. The van der Waals surface area contributed by atoms with Crippen molar-refractivity contribution in [2.45, 2.75) is 55.4 Å². The molecule has 360 valence electrons. The molecular weight excluding hydrogens is 901 g/mol. The molecule has 0 N–H and O–H groups in total. The Labute approximate surface area is 435 Å². The van der Waals surface area contributed by atoms with Crippen LogP contribution in [0.3, 0.4) is 0 Å². The second-order valence-electron chi connectivity index (χ2n) is 22.4. The van der Waals surface area contributed by atoms with E-state index in [2.05, 4.69) is 185 Å². The molecule has 0 saturated heterocycles. The summed E-state index contributed by atoms with van der Waals surface area (Å²) in [7, 11) is 0. The van der Waals surface area contributed by atoms with E-state index in [1.165, 1.54) is 55.7 Å². The molecule has 74 heavy (non-hydrogen) atoms. The van der Waals surface area contributed by atoms with Gasteiger partial charge in [-0.05, 0) is 174 Å². The number of allylic oxidation sites excluding steroid dienone is 14. The molecule has 6 heteroatoms. The summed E-state index contributed by atoms with van der Waals surface area (Å²) in [6.07, 6.45) is 22.4. The van der Waals surface area contributed by atoms with Gasteiger partial charge in [0.1, 0.15) is 0 Å². The molecule has 2 unspecified atom stereocenters. The number of pyridine rings is 6. The fourth-order valence-electron chi connectivity index (χ4n) is 11.3. The van der Waals surface area contributed by atoms with Crippen molar-refractivity contribution in [3.05, 3.63) is 251 Å². The van der Waals surface area contributed by atoms with Gasteiger partial charge in [0, 0.05) is 35.6 Å². The van der Waals surface area contributed by atoms with Crippen LogP contribution in [0.5, 0.6) is 0 Å². The topological polar surface area (TPSA) is 77.3 Å². The Hall–Kier alpha value is -8.48. The quantitative estimate of drug-likeness (QED) is 0.151. The Bertz CT molecular complexity index is 3640. The van der Waals surface area contributed by atoms with Gasteiger partial charge in [0.15, 0.2) is 0 Å². The van der Waals surface area contributed by atoms with E-state index in [1.807, 2.05) is 97.6 Å². The molecule has 2 atom stereocenters. The van der Waals surface area contributed by atoms with Crippen LogP contribution in [0, 0.1) is 21.7 Å². The minimum absolute atomic E-state index is 0.0936. The maximum absolute atomic E-state index is 5.05. The van der Waals surface area contributed by atoms with E-state index in [-0.39, 0.29) is 21.7 Å². The Morgan fingerprint density at radius 1 is 0.338 bits per heavy atom. The molecule has 8 aromatic rings. The summed E-state index contributed by atoms with van der Waals surface area (Å²) in [5.74, 6) is 0. The molecule has 4 aliphatic rings. The molecule has 2 aromatic carbocycles. The van der Waals surface area contributed by atoms with Crippen LogP contribution < -0.4 is 0 Å². The van der Waals surface area contributed by atoms with Crippen LogP contribution in [0.4, 0.5) is 0 Å². The molecule has 6 aromatic heterocycles. The molecule has 0 spiro atoms. The molecule has 12 rings (SSSR count). The lowest BCUT2D eigenvalue weighted by Gasteiger charge is -2.59. The van der Waals surface area contributed by atoms with Gasteiger partial charge in [-0.3, -0.25) is 19.9 Å². The molecule has 6 heterocycles. The van der Waals surface area contributed by atoms with Crippen molar-refractivity contribution in [2.24, 2.45) is 21.7 Å².